The minimum Gasteiger partial charge on any atom is -0.497 e. The van der Waals surface area contributed by atoms with Gasteiger partial charge in [-0.05, 0) is 36.1 Å². The zero-order chi connectivity index (χ0) is 37.8. The summed E-state index contributed by atoms with van der Waals surface area (Å²) in [6, 6.07) is 10.7. The first-order valence-corrected chi connectivity index (χ1v) is 17.4. The number of nitrogens with zero attached hydrogens (tertiary/aromatic N) is 5. The Kier molecular flexibility index (Phi) is 12.0. The highest BCUT2D eigenvalue weighted by Gasteiger charge is 2.30. The zero-order valence-corrected chi connectivity index (χ0v) is 32.0. The summed E-state index contributed by atoms with van der Waals surface area (Å²) < 4.78 is 19.7. The lowest BCUT2D eigenvalue weighted by Gasteiger charge is -2.34. The van der Waals surface area contributed by atoms with E-state index in [4.69, 9.17) is 14.2 Å². The number of hydrogen-bond acceptors (Lipinski definition) is 9. The first-order valence-electron chi connectivity index (χ1n) is 17.4. The minimum absolute atomic E-state index is 0.0389. The number of amides is 1. The van der Waals surface area contributed by atoms with Crippen LogP contribution >= 0.6 is 0 Å². The van der Waals surface area contributed by atoms with Crippen molar-refractivity contribution in [1.29, 1.82) is 0 Å². The van der Waals surface area contributed by atoms with E-state index < -0.39 is 11.4 Å². The Balaban J connectivity index is 1.53. The minimum atomic E-state index is -0.619. The fraction of sp³-hybridized carbons (Fsp3) is 0.538. The maximum absolute atomic E-state index is 14.1. The fourth-order valence-electron chi connectivity index (χ4n) is 5.71. The summed E-state index contributed by atoms with van der Waals surface area (Å²) in [4.78, 5) is 55.1. The number of carbonyl (C=O) groups is 4. The standard InChI is InChI=1S/C39H53N5O7/c1-24(2)36(47)34-28-14-12-26(49-10)18-30(28)43(40-34)20-32(45)42(17-16-38(5,6)7)22-39(8,9)23-51-33(46)21-44-31-19-27(50-11)13-15-29(31)35(41-44)37(48)25(3)4/h12-15,18-19,24-25H,16-17,20-23H2,1-11H3. The summed E-state index contributed by atoms with van der Waals surface area (Å²) in [5, 5.41) is 10.4. The van der Waals surface area contributed by atoms with E-state index in [1.807, 2.05) is 41.5 Å². The number of fused-ring (bicyclic) bond motifs is 2. The van der Waals surface area contributed by atoms with Crippen LogP contribution in [-0.4, -0.2) is 81.8 Å². The molecule has 0 saturated carbocycles. The predicted octanol–water partition coefficient (Wildman–Crippen LogP) is 6.62. The molecule has 0 saturated heterocycles. The number of benzene rings is 2. The molecule has 0 spiro atoms. The Bertz CT molecular complexity index is 1910. The molecule has 1 amide bonds. The van der Waals surface area contributed by atoms with Gasteiger partial charge < -0.3 is 19.1 Å². The van der Waals surface area contributed by atoms with E-state index in [0.29, 0.717) is 57.8 Å². The highest BCUT2D eigenvalue weighted by molar-refractivity contribution is 6.08. The van der Waals surface area contributed by atoms with E-state index in [2.05, 4.69) is 31.0 Å². The molecule has 0 unspecified atom stereocenters. The summed E-state index contributed by atoms with van der Waals surface area (Å²) in [5.74, 6) is -0.281. The Morgan fingerprint density at radius 2 is 1.22 bits per heavy atom. The van der Waals surface area contributed by atoms with Crippen molar-refractivity contribution in [2.45, 2.75) is 81.8 Å². The van der Waals surface area contributed by atoms with Crippen molar-refractivity contribution in [3.8, 4) is 11.5 Å². The van der Waals surface area contributed by atoms with Crippen molar-refractivity contribution >= 4 is 45.2 Å². The second-order valence-corrected chi connectivity index (χ2v) is 15.8. The maximum atomic E-state index is 14.1. The van der Waals surface area contributed by atoms with Gasteiger partial charge in [0.05, 0.1) is 31.9 Å². The van der Waals surface area contributed by atoms with Crippen molar-refractivity contribution in [2.24, 2.45) is 22.7 Å². The molecule has 12 heteroatoms. The van der Waals surface area contributed by atoms with Gasteiger partial charge in [-0.1, -0.05) is 62.3 Å². The second kappa shape index (κ2) is 15.7. The Morgan fingerprint density at radius 1 is 0.745 bits per heavy atom. The van der Waals surface area contributed by atoms with Gasteiger partial charge in [0, 0.05) is 53.2 Å². The summed E-state index contributed by atoms with van der Waals surface area (Å²) >= 11 is 0. The molecular weight excluding hydrogens is 650 g/mol. The summed E-state index contributed by atoms with van der Waals surface area (Å²) in [5.41, 5.74) is 1.20. The number of esters is 1. The Hall–Kier alpha value is -4.74. The molecule has 2 aromatic carbocycles. The molecule has 0 aliphatic heterocycles. The lowest BCUT2D eigenvalue weighted by atomic mass is 9.90. The lowest BCUT2D eigenvalue weighted by molar-refractivity contribution is -0.148. The molecule has 0 fully saturated rings. The van der Waals surface area contributed by atoms with Crippen molar-refractivity contribution in [2.75, 3.05) is 33.9 Å². The first kappa shape index (κ1) is 39.1. The van der Waals surface area contributed by atoms with E-state index in [1.165, 1.54) is 4.68 Å². The number of carbonyl (C=O) groups excluding carboxylic acids is 4. The van der Waals surface area contributed by atoms with Gasteiger partial charge in [-0.2, -0.15) is 10.2 Å². The van der Waals surface area contributed by atoms with Crippen molar-refractivity contribution < 1.29 is 33.4 Å². The van der Waals surface area contributed by atoms with Crippen LogP contribution < -0.4 is 9.47 Å². The van der Waals surface area contributed by atoms with Gasteiger partial charge in [-0.3, -0.25) is 28.5 Å². The molecule has 2 aromatic heterocycles. The van der Waals surface area contributed by atoms with Crippen LogP contribution in [-0.2, 0) is 27.4 Å². The molecule has 0 bridgehead atoms. The summed E-state index contributed by atoms with van der Waals surface area (Å²) in [7, 11) is 3.11. The second-order valence-electron chi connectivity index (χ2n) is 15.8. The lowest BCUT2D eigenvalue weighted by Crippen LogP contribution is -2.44. The molecule has 4 rings (SSSR count). The third-order valence-electron chi connectivity index (χ3n) is 8.72. The topological polar surface area (TPSA) is 135 Å². The summed E-state index contributed by atoms with van der Waals surface area (Å²) in [6.45, 7) is 18.1. The van der Waals surface area contributed by atoms with E-state index in [-0.39, 0.29) is 54.4 Å². The number of hydrogen-bond donors (Lipinski definition) is 0. The maximum Gasteiger partial charge on any atom is 0.327 e. The highest BCUT2D eigenvalue weighted by Crippen LogP contribution is 2.28. The van der Waals surface area contributed by atoms with Crippen LogP contribution in [0.1, 0.15) is 89.7 Å². The van der Waals surface area contributed by atoms with Crippen molar-refractivity contribution in [3.63, 3.8) is 0 Å². The third-order valence-corrected chi connectivity index (χ3v) is 8.72. The van der Waals surface area contributed by atoms with Crippen LogP contribution in [0.4, 0.5) is 0 Å². The average Bonchev–Trinajstić information content (AvgIpc) is 3.61. The van der Waals surface area contributed by atoms with Gasteiger partial charge >= 0.3 is 5.97 Å². The average molecular weight is 704 g/mol. The zero-order valence-electron chi connectivity index (χ0n) is 32.0. The van der Waals surface area contributed by atoms with Gasteiger partial charge in [-0.15, -0.1) is 0 Å². The van der Waals surface area contributed by atoms with Gasteiger partial charge in [-0.25, -0.2) is 0 Å². The third kappa shape index (κ3) is 9.53. The van der Waals surface area contributed by atoms with E-state index in [9.17, 15) is 19.2 Å². The number of ether oxygens (including phenoxy) is 3. The van der Waals surface area contributed by atoms with Crippen LogP contribution in [0.2, 0.25) is 0 Å². The van der Waals surface area contributed by atoms with Crippen molar-refractivity contribution in [3.05, 3.63) is 47.8 Å². The number of ketones is 2. The molecule has 0 aliphatic carbocycles. The molecule has 276 valence electrons. The summed E-state index contributed by atoms with van der Waals surface area (Å²) in [6.07, 6.45) is 0.743. The number of Topliss-reactive ketones (excluding diaryl/α,β-unsaturated/α-hetero) is 2. The number of aromatic nitrogens is 4. The quantitative estimate of drug-likeness (QED) is 0.0933. The normalized spacial score (nSPS) is 12.2. The van der Waals surface area contributed by atoms with E-state index >= 15 is 0 Å². The van der Waals surface area contributed by atoms with Gasteiger partial charge in [0.1, 0.15) is 36.0 Å². The first-order chi connectivity index (χ1) is 23.8. The molecular formula is C39H53N5O7. The van der Waals surface area contributed by atoms with Crippen LogP contribution in [0.25, 0.3) is 21.8 Å². The van der Waals surface area contributed by atoms with Gasteiger partial charge in [0.2, 0.25) is 5.91 Å². The van der Waals surface area contributed by atoms with Crippen molar-refractivity contribution in [1.82, 2.24) is 24.5 Å². The predicted molar refractivity (Wildman–Crippen MR) is 196 cm³/mol. The smallest absolute Gasteiger partial charge is 0.327 e. The highest BCUT2D eigenvalue weighted by atomic mass is 16.5. The van der Waals surface area contributed by atoms with Crippen LogP contribution in [0.5, 0.6) is 11.5 Å². The monoisotopic (exact) mass is 703 g/mol. The van der Waals surface area contributed by atoms with Crippen LogP contribution in [0, 0.1) is 22.7 Å². The van der Waals surface area contributed by atoms with Crippen LogP contribution in [0.3, 0.4) is 0 Å². The van der Waals surface area contributed by atoms with Gasteiger partial charge in [0.15, 0.2) is 11.6 Å². The molecule has 0 aliphatic rings. The number of rotatable bonds is 16. The largest absolute Gasteiger partial charge is 0.497 e. The molecule has 12 nitrogen and oxygen atoms in total. The Labute approximate surface area is 300 Å². The molecule has 0 radical (unpaired) electrons. The molecule has 0 atom stereocenters. The molecule has 4 aromatic rings. The molecule has 2 heterocycles. The molecule has 51 heavy (non-hydrogen) atoms. The Morgan fingerprint density at radius 3 is 1.65 bits per heavy atom. The fourth-order valence-corrected chi connectivity index (χ4v) is 5.71. The number of methoxy groups -OCH3 is 2. The van der Waals surface area contributed by atoms with Crippen LogP contribution in [0.15, 0.2) is 36.4 Å². The van der Waals surface area contributed by atoms with E-state index in [1.54, 1.807) is 60.2 Å². The van der Waals surface area contributed by atoms with Gasteiger partial charge in [0.25, 0.3) is 0 Å². The molecule has 0 N–H and O–H groups in total. The van der Waals surface area contributed by atoms with E-state index in [0.717, 1.165) is 6.42 Å². The SMILES string of the molecule is COc1ccc2c(C(=O)C(C)C)nn(CC(=O)OCC(C)(C)CN(CCC(C)(C)C)C(=O)Cn3nc(C(=O)C(C)C)c4ccc(OC)cc43)c2c1.